The second-order valence-electron chi connectivity index (χ2n) is 4.64. The molecular weight excluding hydrogens is 356 g/mol. The van der Waals surface area contributed by atoms with Gasteiger partial charge in [-0.05, 0) is 43.7 Å². The van der Waals surface area contributed by atoms with Gasteiger partial charge in [-0.25, -0.2) is 8.42 Å². The number of rotatable bonds is 7. The molecule has 114 valence electrons. The van der Waals surface area contributed by atoms with Gasteiger partial charge in [-0.3, -0.25) is 4.68 Å². The van der Waals surface area contributed by atoms with Crippen LogP contribution in [0.4, 0.5) is 0 Å². The van der Waals surface area contributed by atoms with Gasteiger partial charge in [0.15, 0.2) is 9.84 Å². The van der Waals surface area contributed by atoms with Gasteiger partial charge < -0.3 is 5.73 Å². The predicted molar refractivity (Wildman–Crippen MR) is 83.6 cm³/mol. The summed E-state index contributed by atoms with van der Waals surface area (Å²) in [6.07, 6.45) is 3.37. The molecule has 8 heteroatoms. The first-order valence-corrected chi connectivity index (χ1v) is 9.03. The Morgan fingerprint density at radius 3 is 2.62 bits per heavy atom. The van der Waals surface area contributed by atoms with Crippen LogP contribution >= 0.6 is 15.9 Å². The quantitative estimate of drug-likeness (QED) is 0.792. The molecule has 0 fully saturated rings. The molecule has 0 saturated carbocycles. The van der Waals surface area contributed by atoms with E-state index in [1.165, 1.54) is 0 Å². The lowest BCUT2D eigenvalue weighted by Crippen LogP contribution is -2.13. The van der Waals surface area contributed by atoms with Crippen LogP contribution in [0.25, 0.3) is 0 Å². The zero-order valence-electron chi connectivity index (χ0n) is 11.4. The Morgan fingerprint density at radius 2 is 1.95 bits per heavy atom. The number of benzene rings is 1. The third-order valence-electron chi connectivity index (χ3n) is 2.99. The topological polar surface area (TPSA) is 90.9 Å². The summed E-state index contributed by atoms with van der Waals surface area (Å²) in [7, 11) is -3.31. The van der Waals surface area contributed by atoms with Crippen molar-refractivity contribution in [1.29, 1.82) is 0 Å². The predicted octanol–water partition coefficient (Wildman–Crippen LogP) is 1.41. The van der Waals surface area contributed by atoms with Crippen molar-refractivity contribution in [1.82, 2.24) is 15.0 Å². The number of halogens is 1. The Balaban J connectivity index is 1.98. The molecule has 1 aromatic carbocycles. The molecule has 2 N–H and O–H groups in total. The Hall–Kier alpha value is -1.25. The first kappa shape index (κ1) is 16.1. The van der Waals surface area contributed by atoms with Crippen LogP contribution in [-0.4, -0.2) is 35.7 Å². The van der Waals surface area contributed by atoms with Gasteiger partial charge in [-0.2, -0.15) is 0 Å². The summed E-state index contributed by atoms with van der Waals surface area (Å²) in [5, 5.41) is 7.93. The minimum absolute atomic E-state index is 0.00563. The molecule has 0 aliphatic carbocycles. The van der Waals surface area contributed by atoms with Crippen LogP contribution in [0.1, 0.15) is 12.1 Å². The van der Waals surface area contributed by atoms with E-state index in [4.69, 9.17) is 5.73 Å². The van der Waals surface area contributed by atoms with E-state index < -0.39 is 9.84 Å². The van der Waals surface area contributed by atoms with Crippen molar-refractivity contribution in [2.45, 2.75) is 24.3 Å². The smallest absolute Gasteiger partial charge is 0.180 e. The molecule has 1 heterocycles. The van der Waals surface area contributed by atoms with E-state index in [-0.39, 0.29) is 12.3 Å². The van der Waals surface area contributed by atoms with Gasteiger partial charge >= 0.3 is 0 Å². The van der Waals surface area contributed by atoms with Crippen LogP contribution in [0.5, 0.6) is 0 Å². The van der Waals surface area contributed by atoms with Crippen LogP contribution in [-0.2, 0) is 22.8 Å². The lowest BCUT2D eigenvalue weighted by molar-refractivity contribution is 0.575. The van der Waals surface area contributed by atoms with Gasteiger partial charge in [0.1, 0.15) is 0 Å². The maximum absolute atomic E-state index is 12.2. The minimum atomic E-state index is -3.31. The number of hydrogen-bond donors (Lipinski definition) is 1. The highest BCUT2D eigenvalue weighted by Crippen LogP contribution is 2.16. The van der Waals surface area contributed by atoms with Gasteiger partial charge in [0.05, 0.1) is 22.9 Å². The van der Waals surface area contributed by atoms with Crippen LogP contribution in [0.2, 0.25) is 0 Å². The maximum Gasteiger partial charge on any atom is 0.180 e. The van der Waals surface area contributed by atoms with E-state index in [2.05, 4.69) is 26.2 Å². The van der Waals surface area contributed by atoms with Gasteiger partial charge in [0, 0.05) is 10.7 Å². The highest BCUT2D eigenvalue weighted by molar-refractivity contribution is 9.10. The van der Waals surface area contributed by atoms with E-state index in [1.54, 1.807) is 35.1 Å². The summed E-state index contributed by atoms with van der Waals surface area (Å²) >= 11 is 3.29. The van der Waals surface area contributed by atoms with Gasteiger partial charge in [0.2, 0.25) is 0 Å². The molecule has 0 bridgehead atoms. The number of nitrogens with zero attached hydrogens (tertiary/aromatic N) is 3. The molecule has 0 aliphatic rings. The molecular formula is C13H17BrN4O2S. The third kappa shape index (κ3) is 4.62. The average molecular weight is 373 g/mol. The Bertz CT molecular complexity index is 682. The molecule has 0 spiro atoms. The fraction of sp³-hybridized carbons (Fsp3) is 0.385. The van der Waals surface area contributed by atoms with E-state index in [9.17, 15) is 8.42 Å². The third-order valence-corrected chi connectivity index (χ3v) is 5.22. The number of aromatic nitrogens is 3. The molecule has 0 atom stereocenters. The van der Waals surface area contributed by atoms with Crippen molar-refractivity contribution in [2.24, 2.45) is 5.73 Å². The Kier molecular flexibility index (Phi) is 5.49. The highest BCUT2D eigenvalue weighted by Gasteiger charge is 2.14. The summed E-state index contributed by atoms with van der Waals surface area (Å²) in [6.45, 7) is 0.888. The molecule has 0 unspecified atom stereocenters. The normalized spacial score (nSPS) is 11.7. The second kappa shape index (κ2) is 7.15. The number of aryl methyl sites for hydroxylation is 2. The minimum Gasteiger partial charge on any atom is -0.330 e. The van der Waals surface area contributed by atoms with E-state index >= 15 is 0 Å². The zero-order valence-corrected chi connectivity index (χ0v) is 13.8. The van der Waals surface area contributed by atoms with Crippen molar-refractivity contribution in [3.8, 4) is 0 Å². The molecule has 21 heavy (non-hydrogen) atoms. The second-order valence-corrected chi connectivity index (χ2v) is 7.66. The lowest BCUT2D eigenvalue weighted by Gasteiger charge is -2.04. The average Bonchev–Trinajstić information content (AvgIpc) is 2.91. The molecule has 2 aromatic rings. The van der Waals surface area contributed by atoms with E-state index in [0.29, 0.717) is 11.4 Å². The van der Waals surface area contributed by atoms with Crippen molar-refractivity contribution in [2.75, 3.05) is 12.3 Å². The standard InChI is InChI=1S/C13H17BrN4O2S/c14-11-3-5-13(6-4-11)21(19,20)9-8-18-10-12(16-17-18)2-1-7-15/h3-6,10H,1-2,7-9,15H2. The van der Waals surface area contributed by atoms with Crippen LogP contribution in [0.3, 0.4) is 0 Å². The van der Waals surface area contributed by atoms with E-state index in [1.807, 2.05) is 0 Å². The first-order valence-electron chi connectivity index (χ1n) is 6.58. The van der Waals surface area contributed by atoms with Crippen LogP contribution < -0.4 is 5.73 Å². The van der Waals surface area contributed by atoms with Crippen LogP contribution in [0.15, 0.2) is 39.8 Å². The molecule has 0 radical (unpaired) electrons. The summed E-state index contributed by atoms with van der Waals surface area (Å²) in [4.78, 5) is 0.314. The largest absolute Gasteiger partial charge is 0.330 e. The van der Waals surface area contributed by atoms with Crippen molar-refractivity contribution >= 4 is 25.8 Å². The summed E-state index contributed by atoms with van der Waals surface area (Å²) in [5.74, 6) is -0.00563. The van der Waals surface area contributed by atoms with Crippen molar-refractivity contribution in [3.63, 3.8) is 0 Å². The molecule has 0 saturated heterocycles. The van der Waals surface area contributed by atoms with Gasteiger partial charge in [-0.15, -0.1) is 5.10 Å². The number of sulfone groups is 1. The summed E-state index contributed by atoms with van der Waals surface area (Å²) in [5.41, 5.74) is 6.27. The number of hydrogen-bond acceptors (Lipinski definition) is 5. The molecule has 0 amide bonds. The van der Waals surface area contributed by atoms with E-state index in [0.717, 1.165) is 23.0 Å². The Morgan fingerprint density at radius 1 is 1.24 bits per heavy atom. The fourth-order valence-corrected chi connectivity index (χ4v) is 3.30. The van der Waals surface area contributed by atoms with Gasteiger partial charge in [0.25, 0.3) is 0 Å². The molecule has 2 rings (SSSR count). The van der Waals surface area contributed by atoms with Crippen molar-refractivity contribution < 1.29 is 8.42 Å². The van der Waals surface area contributed by atoms with Crippen LogP contribution in [0, 0.1) is 0 Å². The Labute approximate surface area is 132 Å². The lowest BCUT2D eigenvalue weighted by atomic mass is 10.2. The summed E-state index contributed by atoms with van der Waals surface area (Å²) in [6, 6.07) is 6.61. The number of nitrogens with two attached hydrogens (primary N) is 1. The summed E-state index contributed by atoms with van der Waals surface area (Å²) < 4.78 is 26.8. The SMILES string of the molecule is NCCCc1cn(CCS(=O)(=O)c2ccc(Br)cc2)nn1. The molecule has 1 aromatic heterocycles. The highest BCUT2D eigenvalue weighted by atomic mass is 79.9. The van der Waals surface area contributed by atoms with Crippen molar-refractivity contribution in [3.05, 3.63) is 40.6 Å². The monoisotopic (exact) mass is 372 g/mol. The van der Waals surface area contributed by atoms with Gasteiger partial charge in [-0.1, -0.05) is 21.1 Å². The fourth-order valence-electron chi connectivity index (χ4n) is 1.82. The molecule has 6 nitrogen and oxygen atoms in total. The first-order chi connectivity index (χ1) is 10.0. The maximum atomic E-state index is 12.2. The zero-order chi connectivity index (χ0) is 15.3. The molecule has 0 aliphatic heterocycles.